The minimum Gasteiger partial charge on any atom is -0.487 e. The first-order chi connectivity index (χ1) is 19.3. The highest BCUT2D eigenvalue weighted by Crippen LogP contribution is 2.39. The van der Waals surface area contributed by atoms with Crippen LogP contribution in [0.3, 0.4) is 0 Å². The van der Waals surface area contributed by atoms with Crippen molar-refractivity contribution in [2.24, 2.45) is 0 Å². The van der Waals surface area contributed by atoms with Gasteiger partial charge >= 0.3 is 6.18 Å². The Morgan fingerprint density at radius 2 is 1.82 bits per heavy atom. The molecule has 1 fully saturated rings. The number of hydrogen-bond donors (Lipinski definition) is 2. The molecule has 0 saturated carbocycles. The van der Waals surface area contributed by atoms with E-state index in [-0.39, 0.29) is 11.6 Å². The molecule has 204 valence electrons. The summed E-state index contributed by atoms with van der Waals surface area (Å²) in [4.78, 5) is 18.8. The Kier molecular flexibility index (Phi) is 6.76. The fourth-order valence-electron chi connectivity index (χ4n) is 4.63. The summed E-state index contributed by atoms with van der Waals surface area (Å²) in [5.74, 6) is 1.27. The van der Waals surface area contributed by atoms with Crippen LogP contribution in [-0.4, -0.2) is 61.3 Å². The van der Waals surface area contributed by atoms with Crippen molar-refractivity contribution >= 4 is 22.7 Å². The number of hydrogen-bond acceptors (Lipinski definition) is 8. The van der Waals surface area contributed by atoms with E-state index in [1.54, 1.807) is 24.7 Å². The van der Waals surface area contributed by atoms with E-state index in [0.717, 1.165) is 43.6 Å². The molecule has 4 heterocycles. The Labute approximate surface area is 227 Å². The van der Waals surface area contributed by atoms with Gasteiger partial charge in [0.1, 0.15) is 11.9 Å². The molecule has 0 spiro atoms. The van der Waals surface area contributed by atoms with Crippen LogP contribution in [0.25, 0.3) is 33.7 Å². The molecule has 1 aliphatic heterocycles. The van der Waals surface area contributed by atoms with Crippen molar-refractivity contribution in [1.82, 2.24) is 35.0 Å². The predicted molar refractivity (Wildman–Crippen MR) is 144 cm³/mol. The van der Waals surface area contributed by atoms with Gasteiger partial charge in [0.25, 0.3) is 0 Å². The number of imidazole rings is 1. The molecule has 9 nitrogen and oxygen atoms in total. The highest BCUT2D eigenvalue weighted by Gasteiger charge is 2.31. The molecule has 0 atom stereocenters. The van der Waals surface area contributed by atoms with Crippen molar-refractivity contribution in [3.63, 3.8) is 0 Å². The number of piperidine rings is 1. The van der Waals surface area contributed by atoms with Crippen molar-refractivity contribution in [3.05, 3.63) is 72.7 Å². The number of para-hydroxylation sites is 1. The molecule has 1 aliphatic rings. The monoisotopic (exact) mass is 546 g/mol. The zero-order valence-corrected chi connectivity index (χ0v) is 21.5. The number of aromatic nitrogens is 6. The van der Waals surface area contributed by atoms with Crippen LogP contribution in [0.2, 0.25) is 0 Å². The number of nitrogens with one attached hydrogen (secondary N) is 2. The molecular formula is C28H25F3N8O. The Morgan fingerprint density at radius 1 is 1.02 bits per heavy atom. The van der Waals surface area contributed by atoms with Crippen LogP contribution < -0.4 is 10.1 Å². The predicted octanol–water partition coefficient (Wildman–Crippen LogP) is 5.71. The zero-order chi connectivity index (χ0) is 27.7. The largest absolute Gasteiger partial charge is 0.487 e. The first kappa shape index (κ1) is 25.7. The van der Waals surface area contributed by atoms with Gasteiger partial charge < -0.3 is 19.9 Å². The van der Waals surface area contributed by atoms with E-state index in [0.29, 0.717) is 40.0 Å². The van der Waals surface area contributed by atoms with Gasteiger partial charge in [-0.1, -0.05) is 6.07 Å². The molecule has 5 aromatic rings. The van der Waals surface area contributed by atoms with E-state index in [4.69, 9.17) is 4.74 Å². The van der Waals surface area contributed by atoms with E-state index in [2.05, 4.69) is 47.4 Å². The third-order valence-corrected chi connectivity index (χ3v) is 6.80. The Balaban J connectivity index is 1.36. The minimum atomic E-state index is -4.45. The summed E-state index contributed by atoms with van der Waals surface area (Å²) in [5, 5.41) is 11.2. The second kappa shape index (κ2) is 10.5. The minimum absolute atomic E-state index is 0.0425. The van der Waals surface area contributed by atoms with Gasteiger partial charge in [-0.15, -0.1) is 0 Å². The summed E-state index contributed by atoms with van der Waals surface area (Å²) in [5.41, 5.74) is 2.57. The molecule has 0 aliphatic carbocycles. The van der Waals surface area contributed by atoms with Gasteiger partial charge in [0, 0.05) is 37.2 Å². The highest BCUT2D eigenvalue weighted by molar-refractivity contribution is 5.84. The van der Waals surface area contributed by atoms with Crippen molar-refractivity contribution < 1.29 is 17.9 Å². The molecule has 0 bridgehead atoms. The smallest absolute Gasteiger partial charge is 0.416 e. The number of anilines is 2. The van der Waals surface area contributed by atoms with E-state index >= 15 is 0 Å². The van der Waals surface area contributed by atoms with Crippen LogP contribution in [0.1, 0.15) is 18.4 Å². The second-order valence-corrected chi connectivity index (χ2v) is 9.65. The number of alkyl halides is 3. The van der Waals surface area contributed by atoms with Gasteiger partial charge in [-0.2, -0.15) is 23.4 Å². The van der Waals surface area contributed by atoms with Crippen LogP contribution in [0.15, 0.2) is 67.1 Å². The van der Waals surface area contributed by atoms with E-state index in [1.807, 2.05) is 24.3 Å². The molecule has 0 amide bonds. The molecule has 1 saturated heterocycles. The van der Waals surface area contributed by atoms with Crippen LogP contribution in [0.4, 0.5) is 24.8 Å². The van der Waals surface area contributed by atoms with Crippen LogP contribution in [-0.2, 0) is 6.18 Å². The summed E-state index contributed by atoms with van der Waals surface area (Å²) < 4.78 is 46.4. The van der Waals surface area contributed by atoms with Gasteiger partial charge in [-0.3, -0.25) is 0 Å². The van der Waals surface area contributed by atoms with E-state index in [1.165, 1.54) is 6.07 Å². The fraction of sp³-hybridized carbons (Fsp3) is 0.250. The number of likely N-dealkylation sites (tertiary alicyclic amines) is 1. The molecule has 0 radical (unpaired) electrons. The van der Waals surface area contributed by atoms with Crippen molar-refractivity contribution in [2.75, 3.05) is 25.5 Å². The Bertz CT molecular complexity index is 1620. The molecule has 6 rings (SSSR count). The lowest BCUT2D eigenvalue weighted by Crippen LogP contribution is -2.35. The first-order valence-corrected chi connectivity index (χ1v) is 12.8. The maximum atomic E-state index is 13.3. The molecule has 3 aromatic heterocycles. The highest BCUT2D eigenvalue weighted by atomic mass is 19.4. The number of fused-ring (bicyclic) bond motifs is 1. The van der Waals surface area contributed by atoms with Crippen LogP contribution in [0, 0.1) is 0 Å². The quantitative estimate of drug-likeness (QED) is 0.279. The summed E-state index contributed by atoms with van der Waals surface area (Å²) in [7, 11) is 2.07. The second-order valence-electron chi connectivity index (χ2n) is 9.65. The fourth-order valence-corrected chi connectivity index (χ4v) is 4.63. The number of ether oxygens (including phenoxy) is 1. The molecule has 12 heteroatoms. The van der Waals surface area contributed by atoms with Crippen molar-refractivity contribution in [1.29, 1.82) is 0 Å². The SMILES string of the molecule is CN1CCC(Oc2c(Nc3ncc(-c4cccnn4)cn3)cccc2-c2nc3ccc(C(F)(F)F)cc3[nH]2)CC1. The van der Waals surface area contributed by atoms with Gasteiger partial charge in [-0.25, -0.2) is 15.0 Å². The average molecular weight is 547 g/mol. The maximum absolute atomic E-state index is 13.3. The number of aromatic amines is 1. The standard InChI is InChI=1S/C28H25F3N8O/c1-39-12-9-19(10-13-39)40-25-20(26-35-22-8-7-18(28(29,30)31)14-24(22)36-26)4-2-5-23(25)37-27-32-15-17(16-33-27)21-6-3-11-34-38-21/h2-8,11,14-16,19H,9-10,12-13H2,1H3,(H,35,36)(H,32,33,37). The third-order valence-electron chi connectivity index (χ3n) is 6.80. The van der Waals surface area contributed by atoms with Gasteiger partial charge in [0.2, 0.25) is 5.95 Å². The zero-order valence-electron chi connectivity index (χ0n) is 21.5. The summed E-state index contributed by atoms with van der Waals surface area (Å²) >= 11 is 0. The number of benzene rings is 2. The summed E-state index contributed by atoms with van der Waals surface area (Å²) in [6, 6.07) is 12.6. The van der Waals surface area contributed by atoms with Crippen LogP contribution in [0.5, 0.6) is 5.75 Å². The maximum Gasteiger partial charge on any atom is 0.416 e. The van der Waals surface area contributed by atoms with E-state index in [9.17, 15) is 13.2 Å². The topological polar surface area (TPSA) is 105 Å². The van der Waals surface area contributed by atoms with Crippen molar-refractivity contribution in [3.8, 4) is 28.4 Å². The van der Waals surface area contributed by atoms with Gasteiger partial charge in [-0.05, 0) is 62.4 Å². The lowest BCUT2D eigenvalue weighted by atomic mass is 10.1. The number of halogens is 3. The lowest BCUT2D eigenvalue weighted by molar-refractivity contribution is -0.137. The Hall–Kier alpha value is -4.58. The number of nitrogens with zero attached hydrogens (tertiary/aromatic N) is 6. The average Bonchev–Trinajstić information content (AvgIpc) is 3.39. The number of H-pyrrole nitrogens is 1. The summed E-state index contributed by atoms with van der Waals surface area (Å²) in [6.45, 7) is 1.79. The normalized spacial score (nSPS) is 14.9. The van der Waals surface area contributed by atoms with E-state index < -0.39 is 11.7 Å². The third kappa shape index (κ3) is 5.43. The molecule has 2 aromatic carbocycles. The molecule has 0 unspecified atom stereocenters. The summed E-state index contributed by atoms with van der Waals surface area (Å²) in [6.07, 6.45) is 2.07. The molecule has 40 heavy (non-hydrogen) atoms. The van der Waals surface area contributed by atoms with Crippen molar-refractivity contribution in [2.45, 2.75) is 25.1 Å². The number of rotatable bonds is 6. The molecule has 2 N–H and O–H groups in total. The lowest BCUT2D eigenvalue weighted by Gasteiger charge is -2.30. The van der Waals surface area contributed by atoms with Gasteiger partial charge in [0.05, 0.1) is 33.5 Å². The van der Waals surface area contributed by atoms with Crippen LogP contribution >= 0.6 is 0 Å². The Morgan fingerprint density at radius 3 is 2.55 bits per heavy atom. The van der Waals surface area contributed by atoms with Gasteiger partial charge in [0.15, 0.2) is 5.75 Å². The first-order valence-electron chi connectivity index (χ1n) is 12.8. The molecular weight excluding hydrogens is 521 g/mol.